The van der Waals surface area contributed by atoms with Crippen molar-refractivity contribution in [2.24, 2.45) is 11.8 Å². The first-order valence-electron chi connectivity index (χ1n) is 27.3. The van der Waals surface area contributed by atoms with E-state index < -0.39 is 0 Å². The predicted octanol–water partition coefficient (Wildman–Crippen LogP) is 18.4. The topological polar surface area (TPSA) is 0 Å². The smallest absolute Gasteiger partial charge is 0.0206 e. The molecule has 0 spiro atoms. The average molecular weight is 857 g/mol. The molecule has 2 atom stereocenters. The molecule has 8 rings (SSSR count). The monoisotopic (exact) mass is 857 g/mol. The minimum Gasteiger partial charge on any atom is -0.100 e. The van der Waals surface area contributed by atoms with Crippen LogP contribution in [0.4, 0.5) is 0 Å². The molecule has 8 saturated carbocycles. The molecule has 4 heteroatoms. The van der Waals surface area contributed by atoms with Gasteiger partial charge in [0.05, 0.1) is 0 Å². The minimum absolute atomic E-state index is 0.268. The third kappa shape index (κ3) is 13.2. The van der Waals surface area contributed by atoms with Gasteiger partial charge < -0.3 is 0 Å². The molecule has 0 bridgehead atoms. The molecule has 0 heterocycles. The van der Waals surface area contributed by atoms with Crippen LogP contribution < -0.4 is 0 Å². The van der Waals surface area contributed by atoms with E-state index in [1.807, 2.05) is 0 Å². The third-order valence-electron chi connectivity index (χ3n) is 18.8. The van der Waals surface area contributed by atoms with E-state index in [9.17, 15) is 0 Å². The molecule has 0 saturated heterocycles. The normalized spacial score (nSPS) is 33.2. The maximum absolute atomic E-state index is 1.73. The van der Waals surface area contributed by atoms with Gasteiger partial charge in [-0.3, -0.25) is 0 Å². The van der Waals surface area contributed by atoms with E-state index >= 15 is 0 Å². The Morgan fingerprint density at radius 2 is 0.386 bits per heavy atom. The van der Waals surface area contributed by atoms with Gasteiger partial charge in [0.15, 0.2) is 0 Å². The fraction of sp³-hybridized carbons (Fsp3) is 1.00. The standard InChI is InChI=1S/C53H96P4/c1-7-20-46(21-8-1)54(47-22-9-2-10-23-47)40-19-41-55(48-24-11-3-12-25-48)52-36-32-44(33-37-52)45-34-38-53(39-35-45)57(51-30-17-6-18-31-51)43-42-56(49-26-13-4-14-27-49)50-28-15-5-16-29-50/h44-53H,1-43H2. The fourth-order valence-electron chi connectivity index (χ4n) is 15.6. The molecule has 328 valence electrons. The molecule has 8 aliphatic carbocycles. The van der Waals surface area contributed by atoms with Gasteiger partial charge in [-0.25, -0.2) is 0 Å². The summed E-state index contributed by atoms with van der Waals surface area (Å²) in [6, 6.07) is 0. The van der Waals surface area contributed by atoms with Crippen LogP contribution in [0.1, 0.15) is 250 Å². The van der Waals surface area contributed by atoms with Gasteiger partial charge in [-0.05, 0) is 217 Å². The average Bonchev–Trinajstić information content (AvgIpc) is 3.30. The molecule has 0 aromatic heterocycles. The van der Waals surface area contributed by atoms with Crippen molar-refractivity contribution < 1.29 is 0 Å². The lowest BCUT2D eigenvalue weighted by Gasteiger charge is -2.45. The highest BCUT2D eigenvalue weighted by Gasteiger charge is 2.40. The van der Waals surface area contributed by atoms with Crippen molar-refractivity contribution in [2.75, 3.05) is 24.6 Å². The zero-order valence-electron chi connectivity index (χ0n) is 38.0. The van der Waals surface area contributed by atoms with E-state index in [0.717, 1.165) is 28.8 Å². The van der Waals surface area contributed by atoms with Crippen LogP contribution >= 0.6 is 31.7 Å². The second-order valence-electron chi connectivity index (χ2n) is 22.2. The predicted molar refractivity (Wildman–Crippen MR) is 264 cm³/mol. The van der Waals surface area contributed by atoms with Crippen LogP contribution in [0.5, 0.6) is 0 Å². The molecule has 0 radical (unpaired) electrons. The third-order valence-corrected chi connectivity index (χ3v) is 33.9. The van der Waals surface area contributed by atoms with Crippen molar-refractivity contribution in [3.63, 3.8) is 0 Å². The molecule has 0 N–H and O–H groups in total. The highest BCUT2D eigenvalue weighted by molar-refractivity contribution is 7.63. The molecule has 0 aliphatic heterocycles. The summed E-state index contributed by atoms with van der Waals surface area (Å²) in [5, 5.41) is 0. The Labute approximate surface area is 362 Å². The summed E-state index contributed by atoms with van der Waals surface area (Å²) in [6.45, 7) is 0. The molecular formula is C53H96P4. The van der Waals surface area contributed by atoms with Crippen LogP contribution in [0.2, 0.25) is 0 Å². The van der Waals surface area contributed by atoms with Crippen LogP contribution in [0.25, 0.3) is 0 Å². The fourth-order valence-corrected chi connectivity index (χ4v) is 32.1. The quantitative estimate of drug-likeness (QED) is 0.136. The summed E-state index contributed by atoms with van der Waals surface area (Å²) in [6.07, 6.45) is 69.4. The minimum atomic E-state index is 0.268. The first-order valence-corrected chi connectivity index (χ1v) is 34.0. The molecule has 0 aromatic carbocycles. The van der Waals surface area contributed by atoms with E-state index in [0.29, 0.717) is 15.8 Å². The number of rotatable bonds is 16. The van der Waals surface area contributed by atoms with Crippen LogP contribution in [-0.2, 0) is 0 Å². The molecule has 57 heavy (non-hydrogen) atoms. The number of hydrogen-bond donors (Lipinski definition) is 0. The first-order chi connectivity index (χ1) is 28.3. The van der Waals surface area contributed by atoms with Crippen molar-refractivity contribution in [2.45, 2.75) is 296 Å². The van der Waals surface area contributed by atoms with E-state index in [2.05, 4.69) is 0 Å². The lowest BCUT2D eigenvalue weighted by Crippen LogP contribution is -2.31. The zero-order valence-corrected chi connectivity index (χ0v) is 41.5. The summed E-state index contributed by atoms with van der Waals surface area (Å²) in [5.41, 5.74) is 9.34. The number of hydrogen-bond acceptors (Lipinski definition) is 0. The van der Waals surface area contributed by atoms with Gasteiger partial charge in [-0.15, -0.1) is 15.8 Å². The van der Waals surface area contributed by atoms with Crippen LogP contribution in [0, 0.1) is 11.8 Å². The van der Waals surface area contributed by atoms with Crippen molar-refractivity contribution in [1.29, 1.82) is 0 Å². The van der Waals surface area contributed by atoms with Gasteiger partial charge in [-0.1, -0.05) is 131 Å². The highest BCUT2D eigenvalue weighted by Crippen LogP contribution is 2.63. The van der Waals surface area contributed by atoms with Crippen molar-refractivity contribution in [3.05, 3.63) is 0 Å². The van der Waals surface area contributed by atoms with E-state index in [4.69, 9.17) is 0 Å². The molecule has 8 aliphatic rings. The summed E-state index contributed by atoms with van der Waals surface area (Å²) in [5.74, 6) is 2.23. The second-order valence-corrected chi connectivity index (χ2v) is 33.9. The lowest BCUT2D eigenvalue weighted by molar-refractivity contribution is 0.199. The largest absolute Gasteiger partial charge is 0.100 e. The Bertz CT molecular complexity index is 1020. The first kappa shape index (κ1) is 45.3. The van der Waals surface area contributed by atoms with Crippen molar-refractivity contribution in [1.82, 2.24) is 0 Å². The Morgan fingerprint density at radius 3 is 0.614 bits per heavy atom. The zero-order chi connectivity index (χ0) is 38.5. The Hall–Kier alpha value is 1.72. The molecule has 0 nitrogen and oxygen atoms in total. The maximum Gasteiger partial charge on any atom is -0.0206 e. The van der Waals surface area contributed by atoms with Gasteiger partial charge in [0, 0.05) is 0 Å². The summed E-state index contributed by atoms with van der Waals surface area (Å²) < 4.78 is 0. The van der Waals surface area contributed by atoms with Gasteiger partial charge in [-0.2, -0.15) is 0 Å². The molecular weight excluding hydrogens is 760 g/mol. The second kappa shape index (κ2) is 24.7. The summed E-state index contributed by atoms with van der Waals surface area (Å²) >= 11 is 0. The van der Waals surface area contributed by atoms with E-state index in [1.54, 1.807) is 275 Å². The van der Waals surface area contributed by atoms with Crippen LogP contribution in [0.15, 0.2) is 0 Å². The van der Waals surface area contributed by atoms with Gasteiger partial charge in [0.1, 0.15) is 0 Å². The molecule has 8 fully saturated rings. The van der Waals surface area contributed by atoms with E-state index in [1.165, 1.54) is 28.3 Å². The van der Waals surface area contributed by atoms with Crippen LogP contribution in [0.3, 0.4) is 0 Å². The lowest BCUT2D eigenvalue weighted by atomic mass is 9.73. The summed E-state index contributed by atoms with van der Waals surface area (Å²) in [4.78, 5) is 0. The van der Waals surface area contributed by atoms with Crippen molar-refractivity contribution >= 4 is 31.7 Å². The van der Waals surface area contributed by atoms with E-state index in [-0.39, 0.29) is 15.8 Å². The Balaban J connectivity index is 0.840. The summed E-state index contributed by atoms with van der Waals surface area (Å²) in [7, 11) is 1.15. The Morgan fingerprint density at radius 1 is 0.193 bits per heavy atom. The van der Waals surface area contributed by atoms with Gasteiger partial charge in [0.2, 0.25) is 0 Å². The maximum atomic E-state index is 1.73. The molecule has 0 amide bonds. The van der Waals surface area contributed by atoms with Crippen molar-refractivity contribution in [3.8, 4) is 0 Å². The molecule has 0 aromatic rings. The van der Waals surface area contributed by atoms with Crippen LogP contribution in [-0.4, -0.2) is 69.9 Å². The van der Waals surface area contributed by atoms with Gasteiger partial charge >= 0.3 is 0 Å². The van der Waals surface area contributed by atoms with Gasteiger partial charge in [0.25, 0.3) is 0 Å². The highest BCUT2D eigenvalue weighted by atomic mass is 31.1. The molecule has 2 unspecified atom stereocenters. The SMILES string of the molecule is C1CCC(P(CCCP(C2CCCCC2)C2CCC(C3CCC(P(CCP(C4CCCCC4)C4CCCCC4)C4CCCCC4)CC3)CC2)C2CCCCC2)CC1. The Kier molecular flexibility index (Phi) is 19.6.